The van der Waals surface area contributed by atoms with E-state index in [1.165, 1.54) is 10.4 Å². The Kier molecular flexibility index (Phi) is 4.44. The molecule has 4 rings (SSSR count). The van der Waals surface area contributed by atoms with Crippen molar-refractivity contribution in [2.45, 2.75) is 32.7 Å². The molecular weight excluding hydrogens is 364 g/mol. The zero-order valence-corrected chi connectivity index (χ0v) is 17.1. The number of hydrogen-bond acceptors (Lipinski definition) is 6. The third-order valence-corrected chi connectivity index (χ3v) is 6.97. The average molecular weight is 387 g/mol. The molecule has 1 saturated heterocycles. The van der Waals surface area contributed by atoms with Crippen molar-refractivity contribution < 1.29 is 4.79 Å². The first-order valence-electron chi connectivity index (χ1n) is 8.76. The zero-order chi connectivity index (χ0) is 18.4. The van der Waals surface area contributed by atoms with Gasteiger partial charge in [-0.25, -0.2) is 9.97 Å². The van der Waals surface area contributed by atoms with Crippen LogP contribution in [0.15, 0.2) is 17.5 Å². The lowest BCUT2D eigenvalue weighted by Crippen LogP contribution is -2.43. The van der Waals surface area contributed by atoms with Gasteiger partial charge in [-0.1, -0.05) is 6.07 Å². The number of amides is 1. The van der Waals surface area contributed by atoms with Crippen LogP contribution in [0, 0.1) is 13.8 Å². The molecule has 0 spiro atoms. The lowest BCUT2D eigenvalue weighted by atomic mass is 10.1. The highest BCUT2D eigenvalue weighted by atomic mass is 32.1. The van der Waals surface area contributed by atoms with E-state index in [-0.39, 0.29) is 11.9 Å². The smallest absolute Gasteiger partial charge is 0.244 e. The minimum absolute atomic E-state index is 0.140. The molecule has 1 fully saturated rings. The molecule has 5 nitrogen and oxygen atoms in total. The normalized spacial score (nSPS) is 17.2. The van der Waals surface area contributed by atoms with E-state index in [2.05, 4.69) is 24.8 Å². The molecule has 26 heavy (non-hydrogen) atoms. The first-order valence-corrected chi connectivity index (χ1v) is 10.5. The van der Waals surface area contributed by atoms with Gasteiger partial charge < -0.3 is 9.80 Å². The van der Waals surface area contributed by atoms with Crippen LogP contribution in [0.1, 0.15) is 23.3 Å². The van der Waals surface area contributed by atoms with Gasteiger partial charge in [-0.05, 0) is 43.7 Å². The van der Waals surface area contributed by atoms with Crippen LogP contribution < -0.4 is 4.90 Å². The van der Waals surface area contributed by atoms with Crippen molar-refractivity contribution in [2.75, 3.05) is 25.5 Å². The molecule has 0 aromatic carbocycles. The number of thiophene rings is 2. The van der Waals surface area contributed by atoms with Gasteiger partial charge >= 0.3 is 0 Å². The van der Waals surface area contributed by atoms with Crippen molar-refractivity contribution in [3.05, 3.63) is 28.0 Å². The Balaban J connectivity index is 1.91. The summed E-state index contributed by atoms with van der Waals surface area (Å²) in [5, 5.41) is 3.15. The lowest BCUT2D eigenvalue weighted by molar-refractivity contribution is -0.129. The van der Waals surface area contributed by atoms with Gasteiger partial charge in [0.05, 0.1) is 10.3 Å². The third kappa shape index (κ3) is 2.79. The molecule has 0 bridgehead atoms. The van der Waals surface area contributed by atoms with Crippen LogP contribution in [0.3, 0.4) is 0 Å². The molecule has 136 valence electrons. The second kappa shape index (κ2) is 6.63. The van der Waals surface area contributed by atoms with Gasteiger partial charge in [0.15, 0.2) is 5.82 Å². The molecule has 0 N–H and O–H groups in total. The van der Waals surface area contributed by atoms with E-state index in [9.17, 15) is 4.79 Å². The summed E-state index contributed by atoms with van der Waals surface area (Å²) in [5.74, 6) is 1.82. The molecular formula is C19H22N4OS2. The van der Waals surface area contributed by atoms with Crippen LogP contribution in [0.2, 0.25) is 0 Å². The molecule has 0 unspecified atom stereocenters. The van der Waals surface area contributed by atoms with Crippen molar-refractivity contribution in [1.82, 2.24) is 14.9 Å². The molecule has 7 heteroatoms. The summed E-state index contributed by atoms with van der Waals surface area (Å²) in [6.07, 6.45) is 1.88. The van der Waals surface area contributed by atoms with E-state index in [0.717, 1.165) is 46.1 Å². The molecule has 0 aliphatic carbocycles. The molecule has 1 aliphatic rings. The number of hydrogen-bond donors (Lipinski definition) is 0. The molecule has 0 saturated carbocycles. The van der Waals surface area contributed by atoms with Crippen molar-refractivity contribution in [3.63, 3.8) is 0 Å². The minimum Gasteiger partial charge on any atom is -0.347 e. The van der Waals surface area contributed by atoms with Crippen LogP contribution >= 0.6 is 22.7 Å². The minimum atomic E-state index is -0.140. The largest absolute Gasteiger partial charge is 0.347 e. The van der Waals surface area contributed by atoms with Crippen molar-refractivity contribution in [3.8, 4) is 10.7 Å². The second-order valence-corrected chi connectivity index (χ2v) is 9.05. The van der Waals surface area contributed by atoms with Crippen LogP contribution in [-0.4, -0.2) is 47.5 Å². The highest BCUT2D eigenvalue weighted by molar-refractivity contribution is 7.19. The second-order valence-electron chi connectivity index (χ2n) is 6.90. The number of rotatable bonds is 3. The van der Waals surface area contributed by atoms with Crippen LogP contribution in [0.5, 0.6) is 0 Å². The Morgan fingerprint density at radius 2 is 2.12 bits per heavy atom. The number of aryl methyl sites for hydroxylation is 2. The number of likely N-dealkylation sites (N-methyl/N-ethyl adjacent to an activating group) is 1. The summed E-state index contributed by atoms with van der Waals surface area (Å²) in [6.45, 7) is 5.11. The Bertz CT molecular complexity index is 962. The first kappa shape index (κ1) is 17.4. The highest BCUT2D eigenvalue weighted by Crippen LogP contribution is 2.39. The van der Waals surface area contributed by atoms with Crippen molar-refractivity contribution in [2.24, 2.45) is 0 Å². The summed E-state index contributed by atoms with van der Waals surface area (Å²) in [7, 11) is 3.65. The topological polar surface area (TPSA) is 49.3 Å². The standard InChI is InChI=1S/C19H22N4OS2/c1-11-12(2)26-18-15(11)17(20-16(21-18)14-8-6-10-25-14)23-9-5-7-13(23)19(24)22(3)4/h6,8,10,13H,5,7,9H2,1-4H3/t13-/m1/s1. The fraction of sp³-hybridized carbons (Fsp3) is 0.421. The fourth-order valence-corrected chi connectivity index (χ4v) is 5.21. The number of aromatic nitrogens is 2. The third-order valence-electron chi connectivity index (χ3n) is 5.00. The summed E-state index contributed by atoms with van der Waals surface area (Å²) >= 11 is 3.36. The van der Waals surface area contributed by atoms with Gasteiger partial charge in [0, 0.05) is 25.5 Å². The van der Waals surface area contributed by atoms with Gasteiger partial charge in [-0.3, -0.25) is 4.79 Å². The predicted molar refractivity (Wildman–Crippen MR) is 109 cm³/mol. The van der Waals surface area contributed by atoms with Gasteiger partial charge in [0.1, 0.15) is 16.7 Å². The summed E-state index contributed by atoms with van der Waals surface area (Å²) in [4.78, 5) is 29.7. The maximum atomic E-state index is 12.7. The maximum Gasteiger partial charge on any atom is 0.244 e. The summed E-state index contributed by atoms with van der Waals surface area (Å²) < 4.78 is 0. The first-order chi connectivity index (χ1) is 12.5. The quantitative estimate of drug-likeness (QED) is 0.680. The molecule has 1 atom stereocenters. The number of anilines is 1. The lowest BCUT2D eigenvalue weighted by Gasteiger charge is -2.28. The number of carbonyl (C=O) groups excluding carboxylic acids is 1. The van der Waals surface area contributed by atoms with E-state index >= 15 is 0 Å². The van der Waals surface area contributed by atoms with Gasteiger partial charge in [0.25, 0.3) is 0 Å². The van der Waals surface area contributed by atoms with Crippen molar-refractivity contribution >= 4 is 44.6 Å². The average Bonchev–Trinajstić information content (AvgIpc) is 3.34. The number of carbonyl (C=O) groups is 1. The number of nitrogens with zero attached hydrogens (tertiary/aromatic N) is 4. The Morgan fingerprint density at radius 1 is 1.31 bits per heavy atom. The van der Waals surface area contributed by atoms with Gasteiger partial charge in [-0.2, -0.15) is 0 Å². The Hall–Kier alpha value is -1.99. The van der Waals surface area contributed by atoms with E-state index < -0.39 is 0 Å². The molecule has 3 aromatic rings. The van der Waals surface area contributed by atoms with Crippen molar-refractivity contribution in [1.29, 1.82) is 0 Å². The molecule has 1 aliphatic heterocycles. The Labute approximate surface area is 161 Å². The highest BCUT2D eigenvalue weighted by Gasteiger charge is 2.34. The van der Waals surface area contributed by atoms with Crippen LogP contribution in [-0.2, 0) is 4.79 Å². The number of fused-ring (bicyclic) bond motifs is 1. The monoisotopic (exact) mass is 386 g/mol. The SMILES string of the molecule is Cc1sc2nc(-c3cccs3)nc(N3CCC[C@@H]3C(=O)N(C)C)c2c1C. The molecule has 4 heterocycles. The summed E-state index contributed by atoms with van der Waals surface area (Å²) in [6, 6.07) is 3.93. The van der Waals surface area contributed by atoms with E-state index in [1.807, 2.05) is 25.5 Å². The molecule has 3 aromatic heterocycles. The van der Waals surface area contributed by atoms with E-state index in [0.29, 0.717) is 0 Å². The summed E-state index contributed by atoms with van der Waals surface area (Å²) in [5.41, 5.74) is 1.22. The molecule has 1 amide bonds. The maximum absolute atomic E-state index is 12.7. The van der Waals surface area contributed by atoms with Crippen LogP contribution in [0.4, 0.5) is 5.82 Å². The predicted octanol–water partition coefficient (Wildman–Crippen LogP) is 4.09. The van der Waals surface area contributed by atoms with E-state index in [4.69, 9.17) is 9.97 Å². The van der Waals surface area contributed by atoms with Crippen LogP contribution in [0.25, 0.3) is 20.9 Å². The Morgan fingerprint density at radius 3 is 2.81 bits per heavy atom. The fourth-order valence-electron chi connectivity index (χ4n) is 3.53. The van der Waals surface area contributed by atoms with Gasteiger partial charge in [-0.15, -0.1) is 22.7 Å². The zero-order valence-electron chi connectivity index (χ0n) is 15.4. The van der Waals surface area contributed by atoms with Gasteiger partial charge in [0.2, 0.25) is 5.91 Å². The molecule has 0 radical (unpaired) electrons. The van der Waals surface area contributed by atoms with E-state index in [1.54, 1.807) is 27.6 Å².